The van der Waals surface area contributed by atoms with Gasteiger partial charge in [0, 0.05) is 12.8 Å². The molecule has 1 amide bonds. The molecule has 0 spiro atoms. The van der Waals surface area contributed by atoms with Crippen LogP contribution < -0.4 is 5.32 Å². The van der Waals surface area contributed by atoms with Gasteiger partial charge in [0.2, 0.25) is 5.91 Å². The van der Waals surface area contributed by atoms with Crippen LogP contribution in [-0.2, 0) is 19.4 Å². The summed E-state index contributed by atoms with van der Waals surface area (Å²) in [6.07, 6.45) is 0.499. The molecule has 0 bridgehead atoms. The Morgan fingerprint density at radius 1 is 1.33 bits per heavy atom. The van der Waals surface area contributed by atoms with E-state index in [0.717, 1.165) is 12.5 Å². The van der Waals surface area contributed by atoms with Gasteiger partial charge >= 0.3 is 5.97 Å². The molecule has 6 nitrogen and oxygen atoms in total. The van der Waals surface area contributed by atoms with Crippen molar-refractivity contribution >= 4 is 21.7 Å². The number of carboxylic acids is 1. The van der Waals surface area contributed by atoms with Gasteiger partial charge in [-0.1, -0.05) is 30.3 Å². The first-order valence-corrected chi connectivity index (χ1v) is 8.29. The molecule has 1 aromatic rings. The van der Waals surface area contributed by atoms with E-state index in [1.165, 1.54) is 0 Å². The lowest BCUT2D eigenvalue weighted by atomic mass is 10.1. The highest BCUT2D eigenvalue weighted by atomic mass is 32.2. The molecule has 0 heterocycles. The zero-order valence-electron chi connectivity index (χ0n) is 11.5. The van der Waals surface area contributed by atoms with Crippen molar-refractivity contribution in [2.24, 2.45) is 0 Å². The van der Waals surface area contributed by atoms with Crippen molar-refractivity contribution in [2.75, 3.05) is 5.75 Å². The average Bonchev–Trinajstić information content (AvgIpc) is 3.19. The average molecular weight is 311 g/mol. The van der Waals surface area contributed by atoms with Crippen LogP contribution in [0.15, 0.2) is 30.3 Å². The van der Waals surface area contributed by atoms with Crippen LogP contribution in [0.3, 0.4) is 0 Å². The Labute approximate surface area is 123 Å². The van der Waals surface area contributed by atoms with E-state index in [4.69, 9.17) is 5.11 Å². The highest BCUT2D eigenvalue weighted by molar-refractivity contribution is 7.92. The minimum absolute atomic E-state index is 0.0806. The molecule has 0 radical (unpaired) electrons. The summed E-state index contributed by atoms with van der Waals surface area (Å²) >= 11 is 0. The maximum Gasteiger partial charge on any atom is 0.327 e. The molecule has 21 heavy (non-hydrogen) atoms. The second-order valence-corrected chi connectivity index (χ2v) is 7.48. The second kappa shape index (κ2) is 5.85. The van der Waals surface area contributed by atoms with Gasteiger partial charge in [0.1, 0.15) is 6.04 Å². The van der Waals surface area contributed by atoms with Crippen molar-refractivity contribution in [3.05, 3.63) is 35.9 Å². The number of hydrogen-bond donors (Lipinski definition) is 2. The Balaban J connectivity index is 2.06. The van der Waals surface area contributed by atoms with Gasteiger partial charge < -0.3 is 10.4 Å². The molecule has 1 saturated carbocycles. The Kier molecular flexibility index (Phi) is 4.32. The predicted molar refractivity (Wildman–Crippen MR) is 76.6 cm³/mol. The monoisotopic (exact) mass is 311 g/mol. The summed E-state index contributed by atoms with van der Waals surface area (Å²) in [5.74, 6) is -2.56. The molecular formula is C14H17NO5S. The van der Waals surface area contributed by atoms with E-state index in [-0.39, 0.29) is 5.92 Å². The molecule has 1 aliphatic carbocycles. The summed E-state index contributed by atoms with van der Waals surface area (Å²) in [6, 6.07) is 7.87. The fraction of sp³-hybridized carbons (Fsp3) is 0.429. The quantitative estimate of drug-likeness (QED) is 0.799. The van der Waals surface area contributed by atoms with Crippen molar-refractivity contribution in [2.45, 2.75) is 30.6 Å². The fourth-order valence-electron chi connectivity index (χ4n) is 2.40. The first-order chi connectivity index (χ1) is 9.81. The predicted octanol–water partition coefficient (Wildman–Crippen LogP) is 0.547. The van der Waals surface area contributed by atoms with E-state index >= 15 is 0 Å². The lowest BCUT2D eigenvalue weighted by molar-refractivity contribution is -0.140. The molecular weight excluding hydrogens is 294 g/mol. The molecule has 0 aliphatic heterocycles. The molecule has 1 aliphatic rings. The van der Waals surface area contributed by atoms with Crippen molar-refractivity contribution in [1.82, 2.24) is 5.32 Å². The third-order valence-corrected chi connectivity index (χ3v) is 5.74. The molecule has 2 N–H and O–H groups in total. The van der Waals surface area contributed by atoms with Crippen LogP contribution in [0.1, 0.15) is 24.8 Å². The topological polar surface area (TPSA) is 101 Å². The zero-order valence-corrected chi connectivity index (χ0v) is 12.3. The maximum atomic E-state index is 12.3. The van der Waals surface area contributed by atoms with E-state index < -0.39 is 38.8 Å². The summed E-state index contributed by atoms with van der Waals surface area (Å²) < 4.78 is 24.5. The molecule has 1 aromatic carbocycles. The number of benzene rings is 1. The minimum Gasteiger partial charge on any atom is -0.480 e. The summed E-state index contributed by atoms with van der Waals surface area (Å²) in [5, 5.41) is 10.6. The Bertz CT molecular complexity index is 641. The third kappa shape index (κ3) is 3.81. The van der Waals surface area contributed by atoms with Gasteiger partial charge in [0.15, 0.2) is 9.84 Å². The normalized spacial score (nSPS) is 22.3. The van der Waals surface area contributed by atoms with Crippen LogP contribution in [0.2, 0.25) is 0 Å². The zero-order chi connectivity index (χ0) is 15.6. The Morgan fingerprint density at radius 3 is 2.48 bits per heavy atom. The number of carbonyl (C=O) groups excluding carboxylic acids is 1. The molecule has 2 unspecified atom stereocenters. The number of carboxylic acid groups (broad SMARTS) is 1. The van der Waals surface area contributed by atoms with Crippen molar-refractivity contribution in [3.8, 4) is 0 Å². The van der Waals surface area contributed by atoms with E-state index in [2.05, 4.69) is 5.32 Å². The first-order valence-electron chi connectivity index (χ1n) is 6.57. The van der Waals surface area contributed by atoms with Gasteiger partial charge in [-0.05, 0) is 12.0 Å². The van der Waals surface area contributed by atoms with Crippen LogP contribution in [-0.4, -0.2) is 42.4 Å². The van der Waals surface area contributed by atoms with Crippen LogP contribution in [0.25, 0.3) is 0 Å². The van der Waals surface area contributed by atoms with E-state index in [9.17, 15) is 18.0 Å². The minimum atomic E-state index is -3.57. The fourth-order valence-corrected chi connectivity index (χ4v) is 4.49. The van der Waals surface area contributed by atoms with E-state index in [0.29, 0.717) is 6.42 Å². The Hall–Kier alpha value is -1.89. The van der Waals surface area contributed by atoms with Gasteiger partial charge in [0.05, 0.1) is 11.0 Å². The highest BCUT2D eigenvalue weighted by Crippen LogP contribution is 2.46. The van der Waals surface area contributed by atoms with Crippen LogP contribution in [0.4, 0.5) is 0 Å². The summed E-state index contributed by atoms with van der Waals surface area (Å²) in [4.78, 5) is 22.0. The third-order valence-electron chi connectivity index (χ3n) is 3.50. The summed E-state index contributed by atoms with van der Waals surface area (Å²) in [7, 11) is -3.57. The van der Waals surface area contributed by atoms with Crippen molar-refractivity contribution in [3.63, 3.8) is 0 Å². The van der Waals surface area contributed by atoms with Crippen molar-refractivity contribution < 1.29 is 23.1 Å². The lowest BCUT2D eigenvalue weighted by Gasteiger charge is -2.13. The molecule has 0 aromatic heterocycles. The highest BCUT2D eigenvalue weighted by Gasteiger charge is 2.49. The second-order valence-electron chi connectivity index (χ2n) is 5.21. The molecule has 114 valence electrons. The molecule has 0 saturated heterocycles. The maximum absolute atomic E-state index is 12.3. The number of sulfone groups is 1. The number of nitrogens with one attached hydrogen (secondary N) is 1. The van der Waals surface area contributed by atoms with Crippen molar-refractivity contribution in [1.29, 1.82) is 0 Å². The molecule has 2 rings (SSSR count). The molecule has 7 heteroatoms. The van der Waals surface area contributed by atoms with Gasteiger partial charge in [-0.3, -0.25) is 4.79 Å². The van der Waals surface area contributed by atoms with Gasteiger partial charge in [-0.2, -0.15) is 0 Å². The number of rotatable bonds is 6. The first kappa shape index (κ1) is 15.5. The van der Waals surface area contributed by atoms with Crippen LogP contribution in [0, 0.1) is 0 Å². The lowest BCUT2D eigenvalue weighted by Crippen LogP contribution is -2.45. The molecule has 3 atom stereocenters. The van der Waals surface area contributed by atoms with Crippen LogP contribution >= 0.6 is 0 Å². The SMILES string of the molecule is CC(=O)N[C@@H](CS(=O)(=O)C1CC1c1ccccc1)C(=O)O. The number of aliphatic carboxylic acids is 1. The number of carbonyl (C=O) groups is 2. The van der Waals surface area contributed by atoms with E-state index in [1.807, 2.05) is 30.3 Å². The van der Waals surface area contributed by atoms with Gasteiger partial charge in [-0.15, -0.1) is 0 Å². The summed E-state index contributed by atoms with van der Waals surface area (Å²) in [5.41, 5.74) is 0.942. The Morgan fingerprint density at radius 2 is 1.95 bits per heavy atom. The standard InChI is InChI=1S/C14H17NO5S/c1-9(16)15-12(14(17)18)8-21(19,20)13-7-11(13)10-5-3-2-4-6-10/h2-6,11-13H,7-8H2,1H3,(H,15,16)(H,17,18)/t11?,12-,13?/m0/s1. The molecule has 1 fully saturated rings. The largest absolute Gasteiger partial charge is 0.480 e. The smallest absolute Gasteiger partial charge is 0.327 e. The number of amides is 1. The van der Waals surface area contributed by atoms with Gasteiger partial charge in [0.25, 0.3) is 0 Å². The van der Waals surface area contributed by atoms with Gasteiger partial charge in [-0.25, -0.2) is 13.2 Å². The summed E-state index contributed by atoms with van der Waals surface area (Å²) in [6.45, 7) is 1.16. The van der Waals surface area contributed by atoms with E-state index in [1.54, 1.807) is 0 Å². The van der Waals surface area contributed by atoms with Crippen LogP contribution in [0.5, 0.6) is 0 Å². The number of hydrogen-bond acceptors (Lipinski definition) is 4.